The number of Topliss-reactive ketones (excluding diaryl/α,β-unsaturated/α-hetero) is 1. The van der Waals surface area contributed by atoms with Gasteiger partial charge >= 0.3 is 0 Å². The third-order valence-corrected chi connectivity index (χ3v) is 2.89. The van der Waals surface area contributed by atoms with E-state index in [-0.39, 0.29) is 11.7 Å². The van der Waals surface area contributed by atoms with Crippen LogP contribution in [0.5, 0.6) is 0 Å². The highest BCUT2D eigenvalue weighted by Crippen LogP contribution is 2.35. The second-order valence-corrected chi connectivity index (χ2v) is 4.87. The summed E-state index contributed by atoms with van der Waals surface area (Å²) in [5.41, 5.74) is -0.617. The number of hydrogen-bond donors (Lipinski definition) is 1. The standard InChI is InChI=1S/C12H20O4/c1-9(2)12(6-5-10(3)13)8-7-11(4,14)15-16-12/h7-9,14H,5-6H2,1-4H3/t11-,12+/m1/s1. The van der Waals surface area contributed by atoms with E-state index in [0.29, 0.717) is 12.8 Å². The highest BCUT2D eigenvalue weighted by atomic mass is 17.2. The van der Waals surface area contributed by atoms with Gasteiger partial charge in [-0.2, -0.15) is 4.89 Å². The van der Waals surface area contributed by atoms with Gasteiger partial charge in [0.2, 0.25) is 5.79 Å². The minimum atomic E-state index is -1.38. The fourth-order valence-corrected chi connectivity index (χ4v) is 1.59. The van der Waals surface area contributed by atoms with Crippen LogP contribution in [0.2, 0.25) is 0 Å². The molecule has 1 rings (SSSR count). The maximum absolute atomic E-state index is 11.0. The van der Waals surface area contributed by atoms with Crippen LogP contribution < -0.4 is 0 Å². The number of rotatable bonds is 4. The van der Waals surface area contributed by atoms with Crippen molar-refractivity contribution in [3.8, 4) is 0 Å². The number of carbonyl (C=O) groups excluding carboxylic acids is 1. The highest BCUT2D eigenvalue weighted by molar-refractivity contribution is 5.75. The molecule has 0 aromatic heterocycles. The van der Waals surface area contributed by atoms with Gasteiger partial charge in [0.1, 0.15) is 11.4 Å². The van der Waals surface area contributed by atoms with Gasteiger partial charge in [0.15, 0.2) is 0 Å². The monoisotopic (exact) mass is 228 g/mol. The molecule has 0 bridgehead atoms. The normalized spacial score (nSPS) is 34.4. The zero-order valence-electron chi connectivity index (χ0n) is 10.3. The molecule has 1 N–H and O–H groups in total. The van der Waals surface area contributed by atoms with Crippen LogP contribution in [-0.4, -0.2) is 22.3 Å². The summed E-state index contributed by atoms with van der Waals surface area (Å²) in [6, 6.07) is 0. The maximum atomic E-state index is 11.0. The molecule has 92 valence electrons. The molecule has 0 unspecified atom stereocenters. The molecular weight excluding hydrogens is 208 g/mol. The summed E-state index contributed by atoms with van der Waals surface area (Å²) in [5.74, 6) is -1.09. The van der Waals surface area contributed by atoms with Gasteiger partial charge in [0.25, 0.3) is 0 Å². The largest absolute Gasteiger partial charge is 0.360 e. The maximum Gasteiger partial charge on any atom is 0.215 e. The number of hydrogen-bond acceptors (Lipinski definition) is 4. The van der Waals surface area contributed by atoms with E-state index in [1.54, 1.807) is 19.1 Å². The summed E-state index contributed by atoms with van der Waals surface area (Å²) >= 11 is 0. The predicted octanol–water partition coefficient (Wildman–Crippen LogP) is 1.98. The quantitative estimate of drug-likeness (QED) is 0.590. The minimum absolute atomic E-state index is 0.120. The Morgan fingerprint density at radius 2 is 2.00 bits per heavy atom. The Kier molecular flexibility index (Phi) is 3.88. The van der Waals surface area contributed by atoms with E-state index in [1.807, 2.05) is 13.8 Å². The Morgan fingerprint density at radius 3 is 2.38 bits per heavy atom. The smallest absolute Gasteiger partial charge is 0.215 e. The molecule has 4 heteroatoms. The van der Waals surface area contributed by atoms with E-state index in [4.69, 9.17) is 9.78 Å². The van der Waals surface area contributed by atoms with Crippen molar-refractivity contribution in [1.29, 1.82) is 0 Å². The lowest BCUT2D eigenvalue weighted by atomic mass is 9.84. The molecular formula is C12H20O4. The lowest BCUT2D eigenvalue weighted by molar-refractivity contribution is -0.447. The van der Waals surface area contributed by atoms with Crippen LogP contribution in [0.4, 0.5) is 0 Å². The summed E-state index contributed by atoms with van der Waals surface area (Å²) < 4.78 is 0. The molecule has 0 saturated heterocycles. The SMILES string of the molecule is CC(=O)CC[C@@]1(C(C)C)C=C[C@](C)(O)OO1. The summed E-state index contributed by atoms with van der Waals surface area (Å²) in [4.78, 5) is 21.2. The lowest BCUT2D eigenvalue weighted by Gasteiger charge is -2.39. The fraction of sp³-hybridized carbons (Fsp3) is 0.750. The van der Waals surface area contributed by atoms with Crippen LogP contribution in [-0.2, 0) is 14.6 Å². The average Bonchev–Trinajstić information content (AvgIpc) is 2.16. The van der Waals surface area contributed by atoms with E-state index in [1.165, 1.54) is 6.92 Å². The number of carbonyl (C=O) groups is 1. The lowest BCUT2D eigenvalue weighted by Crippen LogP contribution is -2.44. The van der Waals surface area contributed by atoms with Gasteiger partial charge in [-0.1, -0.05) is 13.8 Å². The molecule has 1 aliphatic heterocycles. The van der Waals surface area contributed by atoms with Crippen LogP contribution in [0.25, 0.3) is 0 Å². The second kappa shape index (κ2) is 4.65. The molecule has 0 saturated carbocycles. The molecule has 0 aromatic rings. The summed E-state index contributed by atoms with van der Waals surface area (Å²) in [7, 11) is 0. The van der Waals surface area contributed by atoms with E-state index < -0.39 is 11.4 Å². The van der Waals surface area contributed by atoms with Crippen molar-refractivity contribution in [3.05, 3.63) is 12.2 Å². The van der Waals surface area contributed by atoms with Crippen molar-refractivity contribution in [3.63, 3.8) is 0 Å². The van der Waals surface area contributed by atoms with Crippen molar-refractivity contribution < 1.29 is 19.7 Å². The number of aliphatic hydroxyl groups is 1. The molecule has 2 atom stereocenters. The molecule has 0 spiro atoms. The molecule has 1 aliphatic rings. The molecule has 16 heavy (non-hydrogen) atoms. The third-order valence-electron chi connectivity index (χ3n) is 2.89. The molecule has 0 aliphatic carbocycles. The van der Waals surface area contributed by atoms with Gasteiger partial charge in [0, 0.05) is 6.42 Å². The first-order chi connectivity index (χ1) is 7.27. The van der Waals surface area contributed by atoms with Crippen molar-refractivity contribution in [1.82, 2.24) is 0 Å². The second-order valence-electron chi connectivity index (χ2n) is 4.87. The Morgan fingerprint density at radius 1 is 1.38 bits per heavy atom. The Bertz CT molecular complexity index is 293. The summed E-state index contributed by atoms with van der Waals surface area (Å²) in [6.45, 7) is 7.04. The van der Waals surface area contributed by atoms with Crippen LogP contribution in [0.1, 0.15) is 40.5 Å². The zero-order chi connectivity index (χ0) is 12.4. The van der Waals surface area contributed by atoms with Gasteiger partial charge in [-0.05, 0) is 38.3 Å². The van der Waals surface area contributed by atoms with Crippen LogP contribution in [0, 0.1) is 5.92 Å². The zero-order valence-corrected chi connectivity index (χ0v) is 10.3. The first kappa shape index (κ1) is 13.4. The van der Waals surface area contributed by atoms with E-state index in [0.717, 1.165) is 0 Å². The van der Waals surface area contributed by atoms with Crippen molar-refractivity contribution >= 4 is 5.78 Å². The topological polar surface area (TPSA) is 55.8 Å². The van der Waals surface area contributed by atoms with Gasteiger partial charge < -0.3 is 9.90 Å². The fourth-order valence-electron chi connectivity index (χ4n) is 1.59. The predicted molar refractivity (Wildman–Crippen MR) is 59.4 cm³/mol. The van der Waals surface area contributed by atoms with Crippen LogP contribution >= 0.6 is 0 Å². The molecule has 0 aromatic carbocycles. The van der Waals surface area contributed by atoms with E-state index in [2.05, 4.69) is 0 Å². The summed E-state index contributed by atoms with van der Waals surface area (Å²) in [6.07, 6.45) is 4.36. The third kappa shape index (κ3) is 3.14. The Balaban J connectivity index is 2.80. The first-order valence-corrected chi connectivity index (χ1v) is 5.56. The van der Waals surface area contributed by atoms with Crippen LogP contribution in [0.3, 0.4) is 0 Å². The van der Waals surface area contributed by atoms with Gasteiger partial charge in [0.05, 0.1) is 0 Å². The minimum Gasteiger partial charge on any atom is -0.360 e. The molecule has 0 amide bonds. The van der Waals surface area contributed by atoms with Crippen molar-refractivity contribution in [2.45, 2.75) is 51.9 Å². The summed E-state index contributed by atoms with van der Waals surface area (Å²) in [5, 5.41) is 9.56. The molecule has 0 fully saturated rings. The van der Waals surface area contributed by atoms with Gasteiger partial charge in [-0.15, -0.1) is 0 Å². The van der Waals surface area contributed by atoms with E-state index >= 15 is 0 Å². The first-order valence-electron chi connectivity index (χ1n) is 5.56. The van der Waals surface area contributed by atoms with Gasteiger partial charge in [-0.3, -0.25) is 0 Å². The molecule has 0 radical (unpaired) electrons. The van der Waals surface area contributed by atoms with Gasteiger partial charge in [-0.25, -0.2) is 4.89 Å². The van der Waals surface area contributed by atoms with Crippen molar-refractivity contribution in [2.24, 2.45) is 5.92 Å². The molecule has 1 heterocycles. The Labute approximate surface area is 96.2 Å². The Hall–Kier alpha value is -0.710. The number of ketones is 1. The van der Waals surface area contributed by atoms with Crippen molar-refractivity contribution in [2.75, 3.05) is 0 Å². The highest BCUT2D eigenvalue weighted by Gasteiger charge is 2.40. The molecule has 4 nitrogen and oxygen atoms in total. The van der Waals surface area contributed by atoms with Crippen LogP contribution in [0.15, 0.2) is 12.2 Å². The average molecular weight is 228 g/mol. The van der Waals surface area contributed by atoms with E-state index in [9.17, 15) is 9.90 Å².